The average Bonchev–Trinajstić information content (AvgIpc) is 1.61. The van der Waals surface area contributed by atoms with Crippen molar-refractivity contribution in [3.05, 3.63) is 0 Å². The van der Waals surface area contributed by atoms with Crippen molar-refractivity contribution in [2.75, 3.05) is 6.61 Å². The van der Waals surface area contributed by atoms with Crippen LogP contribution in [0.3, 0.4) is 0 Å². The summed E-state index contributed by atoms with van der Waals surface area (Å²) in [7, 11) is 0. The Balaban J connectivity index is 2.35. The summed E-state index contributed by atoms with van der Waals surface area (Å²) in [5, 5.41) is 17.0. The number of hydrogen-bond acceptors (Lipinski definition) is 2. The smallest absolute Gasteiger partial charge is 0.306 e. The molecule has 3 nitrogen and oxygen atoms in total. The standard InChI is InChI=1S/C6H10O3/c7-3-4-1-2-5(4)6(8)9/h4-5,7H,1-3H2,(H,8,9)/t4-,5-/m1/s1. The van der Waals surface area contributed by atoms with Gasteiger partial charge in [-0.3, -0.25) is 4.79 Å². The number of hydrogen-bond donors (Lipinski definition) is 2. The molecule has 0 aromatic carbocycles. The van der Waals surface area contributed by atoms with Gasteiger partial charge in [0.1, 0.15) is 0 Å². The molecule has 0 spiro atoms. The predicted octanol–water partition coefficient (Wildman–Crippen LogP) is 0.0895. The Morgan fingerprint density at radius 1 is 1.56 bits per heavy atom. The number of carbonyl (C=O) groups is 1. The minimum Gasteiger partial charge on any atom is -0.481 e. The van der Waals surface area contributed by atoms with Crippen LogP contribution in [0.15, 0.2) is 0 Å². The molecule has 3 heteroatoms. The number of aliphatic hydroxyl groups is 1. The summed E-state index contributed by atoms with van der Waals surface area (Å²) < 4.78 is 0. The minimum atomic E-state index is -0.764. The summed E-state index contributed by atoms with van der Waals surface area (Å²) in [5.74, 6) is -1.00. The molecule has 2 atom stereocenters. The van der Waals surface area contributed by atoms with Crippen LogP contribution in [-0.2, 0) is 4.79 Å². The van der Waals surface area contributed by atoms with Crippen molar-refractivity contribution >= 4 is 5.97 Å². The van der Waals surface area contributed by atoms with Crippen LogP contribution >= 0.6 is 0 Å². The first-order chi connectivity index (χ1) is 4.25. The average molecular weight is 130 g/mol. The summed E-state index contributed by atoms with van der Waals surface area (Å²) in [6, 6.07) is 0. The lowest BCUT2D eigenvalue weighted by atomic mass is 9.74. The monoisotopic (exact) mass is 130 g/mol. The van der Waals surface area contributed by atoms with Gasteiger partial charge >= 0.3 is 5.97 Å². The molecule has 1 aliphatic rings. The van der Waals surface area contributed by atoms with E-state index in [1.54, 1.807) is 0 Å². The maximum absolute atomic E-state index is 10.2. The van der Waals surface area contributed by atoms with Crippen molar-refractivity contribution in [2.24, 2.45) is 11.8 Å². The number of rotatable bonds is 2. The third-order valence-electron chi connectivity index (χ3n) is 1.97. The molecule has 2 N–H and O–H groups in total. The summed E-state index contributed by atoms with van der Waals surface area (Å²) in [5.41, 5.74) is 0. The quantitative estimate of drug-likeness (QED) is 0.557. The predicted molar refractivity (Wildman–Crippen MR) is 30.9 cm³/mol. The Morgan fingerprint density at radius 2 is 2.22 bits per heavy atom. The first-order valence-electron chi connectivity index (χ1n) is 3.09. The lowest BCUT2D eigenvalue weighted by Crippen LogP contribution is -2.34. The molecule has 0 aliphatic heterocycles. The molecular formula is C6H10O3. The van der Waals surface area contributed by atoms with Crippen molar-refractivity contribution in [2.45, 2.75) is 12.8 Å². The Hall–Kier alpha value is -0.570. The lowest BCUT2D eigenvalue weighted by molar-refractivity contribution is -0.148. The molecule has 0 bridgehead atoms. The molecule has 0 amide bonds. The Morgan fingerprint density at radius 3 is 2.33 bits per heavy atom. The van der Waals surface area contributed by atoms with Gasteiger partial charge in [0.15, 0.2) is 0 Å². The molecule has 1 rings (SSSR count). The van der Waals surface area contributed by atoms with Crippen LogP contribution in [-0.4, -0.2) is 22.8 Å². The Kier molecular flexibility index (Phi) is 1.71. The minimum absolute atomic E-state index is 0.0248. The summed E-state index contributed by atoms with van der Waals surface area (Å²) in [6.07, 6.45) is 1.61. The van der Waals surface area contributed by atoms with Gasteiger partial charge < -0.3 is 10.2 Å². The molecule has 1 saturated carbocycles. The van der Waals surface area contributed by atoms with E-state index < -0.39 is 5.97 Å². The zero-order valence-electron chi connectivity index (χ0n) is 5.08. The second-order valence-electron chi connectivity index (χ2n) is 2.46. The fourth-order valence-corrected chi connectivity index (χ4v) is 1.11. The first-order valence-corrected chi connectivity index (χ1v) is 3.09. The SMILES string of the molecule is O=C(O)[C@@H]1CC[C@@H]1CO. The third kappa shape index (κ3) is 1.05. The summed E-state index contributed by atoms with van der Waals surface area (Å²) in [4.78, 5) is 10.2. The normalized spacial score (nSPS) is 33.4. The largest absolute Gasteiger partial charge is 0.481 e. The third-order valence-corrected chi connectivity index (χ3v) is 1.97. The van der Waals surface area contributed by atoms with Gasteiger partial charge in [0.2, 0.25) is 0 Å². The molecule has 52 valence electrons. The molecule has 1 aliphatic carbocycles. The second kappa shape index (κ2) is 2.35. The van der Waals surface area contributed by atoms with Crippen LogP contribution in [0.1, 0.15) is 12.8 Å². The van der Waals surface area contributed by atoms with Gasteiger partial charge in [-0.25, -0.2) is 0 Å². The highest BCUT2D eigenvalue weighted by Gasteiger charge is 2.35. The summed E-state index contributed by atoms with van der Waals surface area (Å²) in [6.45, 7) is 0.0248. The number of aliphatic carboxylic acids is 1. The number of carboxylic acid groups (broad SMARTS) is 1. The molecular weight excluding hydrogens is 120 g/mol. The van der Waals surface area contributed by atoms with Gasteiger partial charge in [-0.2, -0.15) is 0 Å². The lowest BCUT2D eigenvalue weighted by Gasteiger charge is -2.31. The van der Waals surface area contributed by atoms with Gasteiger partial charge in [0, 0.05) is 6.61 Å². The van der Waals surface area contributed by atoms with Gasteiger partial charge in [0.25, 0.3) is 0 Å². The van der Waals surface area contributed by atoms with E-state index in [9.17, 15) is 4.79 Å². The first kappa shape index (κ1) is 6.55. The van der Waals surface area contributed by atoms with Crippen LogP contribution in [0.25, 0.3) is 0 Å². The van der Waals surface area contributed by atoms with Crippen LogP contribution in [0.2, 0.25) is 0 Å². The van der Waals surface area contributed by atoms with Gasteiger partial charge in [-0.1, -0.05) is 0 Å². The van der Waals surface area contributed by atoms with E-state index in [0.717, 1.165) is 12.8 Å². The molecule has 0 aromatic heterocycles. The molecule has 0 saturated heterocycles. The fourth-order valence-electron chi connectivity index (χ4n) is 1.11. The van der Waals surface area contributed by atoms with E-state index in [2.05, 4.69) is 0 Å². The zero-order valence-corrected chi connectivity index (χ0v) is 5.08. The van der Waals surface area contributed by atoms with Gasteiger partial charge in [-0.05, 0) is 18.8 Å². The summed E-state index contributed by atoms with van der Waals surface area (Å²) >= 11 is 0. The van der Waals surface area contributed by atoms with Crippen molar-refractivity contribution in [3.63, 3.8) is 0 Å². The molecule has 0 radical (unpaired) electrons. The van der Waals surface area contributed by atoms with E-state index in [1.165, 1.54) is 0 Å². The Labute approximate surface area is 53.3 Å². The highest BCUT2D eigenvalue weighted by atomic mass is 16.4. The van der Waals surface area contributed by atoms with E-state index in [1.807, 2.05) is 0 Å². The zero-order chi connectivity index (χ0) is 6.85. The number of carboxylic acids is 1. The molecule has 0 heterocycles. The Bertz CT molecular complexity index is 119. The van der Waals surface area contributed by atoms with Crippen molar-refractivity contribution in [1.82, 2.24) is 0 Å². The molecule has 0 unspecified atom stereocenters. The van der Waals surface area contributed by atoms with Crippen molar-refractivity contribution in [3.8, 4) is 0 Å². The van der Waals surface area contributed by atoms with E-state index >= 15 is 0 Å². The van der Waals surface area contributed by atoms with Gasteiger partial charge in [-0.15, -0.1) is 0 Å². The highest BCUT2D eigenvalue weighted by Crippen LogP contribution is 2.33. The fraction of sp³-hybridized carbons (Fsp3) is 0.833. The molecule has 9 heavy (non-hydrogen) atoms. The molecule has 0 aromatic rings. The van der Waals surface area contributed by atoms with Crippen molar-refractivity contribution < 1.29 is 15.0 Å². The van der Waals surface area contributed by atoms with Gasteiger partial charge in [0.05, 0.1) is 5.92 Å². The highest BCUT2D eigenvalue weighted by molar-refractivity contribution is 5.71. The van der Waals surface area contributed by atoms with Crippen LogP contribution in [0, 0.1) is 11.8 Å². The maximum atomic E-state index is 10.2. The second-order valence-corrected chi connectivity index (χ2v) is 2.46. The van der Waals surface area contributed by atoms with Crippen LogP contribution in [0.5, 0.6) is 0 Å². The topological polar surface area (TPSA) is 57.5 Å². The van der Waals surface area contributed by atoms with Crippen LogP contribution in [0.4, 0.5) is 0 Å². The van der Waals surface area contributed by atoms with Crippen LogP contribution < -0.4 is 0 Å². The van der Waals surface area contributed by atoms with E-state index in [-0.39, 0.29) is 18.4 Å². The van der Waals surface area contributed by atoms with Crippen molar-refractivity contribution in [1.29, 1.82) is 0 Å². The van der Waals surface area contributed by atoms with E-state index in [0.29, 0.717) is 0 Å². The maximum Gasteiger partial charge on any atom is 0.306 e. The number of aliphatic hydroxyl groups excluding tert-OH is 1. The molecule has 1 fully saturated rings. The van der Waals surface area contributed by atoms with E-state index in [4.69, 9.17) is 10.2 Å².